The first-order valence-electron chi connectivity index (χ1n) is 15.3. The molecule has 1 aromatic heterocycles. The number of amides is 2. The molecule has 6 rings (SSSR count). The van der Waals surface area contributed by atoms with Crippen molar-refractivity contribution in [3.8, 4) is 5.75 Å². The predicted octanol–water partition coefficient (Wildman–Crippen LogP) is 4.73. The first-order chi connectivity index (χ1) is 22.0. The number of fused-ring (bicyclic) bond motifs is 1. The number of benzene rings is 2. The molecule has 3 aromatic rings. The van der Waals surface area contributed by atoms with Crippen LogP contribution in [0, 0.1) is 5.82 Å². The van der Waals surface area contributed by atoms with Crippen LogP contribution >= 0.6 is 0 Å². The molecule has 2 amide bonds. The summed E-state index contributed by atoms with van der Waals surface area (Å²) in [5.41, 5.74) is 1.61. The molecule has 1 aliphatic carbocycles. The van der Waals surface area contributed by atoms with Crippen molar-refractivity contribution in [3.63, 3.8) is 0 Å². The molecule has 0 spiro atoms. The second-order valence-electron chi connectivity index (χ2n) is 12.0. The second kappa shape index (κ2) is 12.7. The average molecular weight is 639 g/mol. The topological polar surface area (TPSA) is 106 Å². The van der Waals surface area contributed by atoms with Gasteiger partial charge in [0.15, 0.2) is 5.82 Å². The summed E-state index contributed by atoms with van der Waals surface area (Å²) < 4.78 is 50.7. The number of nitrogens with zero attached hydrogens (tertiary/aromatic N) is 6. The van der Waals surface area contributed by atoms with Crippen molar-refractivity contribution < 1.29 is 27.5 Å². The van der Waals surface area contributed by atoms with Crippen LogP contribution in [0.3, 0.4) is 0 Å². The van der Waals surface area contributed by atoms with E-state index in [-0.39, 0.29) is 40.5 Å². The average Bonchev–Trinajstić information content (AvgIpc) is 3.57. The normalized spacial score (nSPS) is 18.7. The maximum absolute atomic E-state index is 15.4. The van der Waals surface area contributed by atoms with E-state index in [1.807, 2.05) is 12.1 Å². The SMILES string of the molecule is COc1cc(C(=O)Nc2ccc(N3CCN(C)CC3)cc2)c(F)cc1Nc1ncc2c(n1)N(C1CCCC1)CC(F)(F)C(=O)N2C. The molecule has 2 N–H and O–H groups in total. The van der Waals surface area contributed by atoms with Gasteiger partial charge in [-0.3, -0.25) is 9.59 Å². The van der Waals surface area contributed by atoms with Gasteiger partial charge in [0.25, 0.3) is 11.8 Å². The molecule has 0 unspecified atom stereocenters. The number of rotatable bonds is 7. The predicted molar refractivity (Wildman–Crippen MR) is 170 cm³/mol. The third kappa shape index (κ3) is 6.26. The standard InChI is InChI=1S/C32H37F3N8O3/c1-40-12-14-42(15-13-40)21-10-8-20(9-11-21)37-29(44)23-16-27(46-3)25(17-24(23)33)38-31-36-18-26-28(39-31)43(22-6-4-5-7-22)19-32(34,35)30(45)41(26)2/h8-11,16-18,22H,4-7,12-15,19H2,1-3H3,(H,37,44)(H,36,38,39). The quantitative estimate of drug-likeness (QED) is 0.380. The van der Waals surface area contributed by atoms with Gasteiger partial charge in [-0.05, 0) is 50.2 Å². The summed E-state index contributed by atoms with van der Waals surface area (Å²) in [6.07, 6.45) is 4.47. The fourth-order valence-corrected chi connectivity index (χ4v) is 6.24. The fourth-order valence-electron chi connectivity index (χ4n) is 6.24. The molecule has 2 aromatic carbocycles. The number of carbonyl (C=O) groups is 2. The summed E-state index contributed by atoms with van der Waals surface area (Å²) in [5.74, 6) is -6.10. The van der Waals surface area contributed by atoms with Crippen molar-refractivity contribution >= 4 is 46.3 Å². The largest absolute Gasteiger partial charge is 0.495 e. The van der Waals surface area contributed by atoms with Gasteiger partial charge in [0.1, 0.15) is 17.3 Å². The van der Waals surface area contributed by atoms with Crippen molar-refractivity contribution in [2.75, 3.05) is 79.3 Å². The van der Waals surface area contributed by atoms with Gasteiger partial charge in [0.05, 0.1) is 31.1 Å². The summed E-state index contributed by atoms with van der Waals surface area (Å²) in [5, 5.41) is 5.64. The lowest BCUT2D eigenvalue weighted by Gasteiger charge is -2.34. The Morgan fingerprint density at radius 1 is 1.04 bits per heavy atom. The summed E-state index contributed by atoms with van der Waals surface area (Å²) in [6, 6.07) is 9.57. The molecule has 14 heteroatoms. The van der Waals surface area contributed by atoms with Crippen LogP contribution in [-0.4, -0.2) is 92.6 Å². The number of likely N-dealkylation sites (N-methyl/N-ethyl adjacent to an activating group) is 1. The number of halogens is 3. The number of hydrogen-bond donors (Lipinski definition) is 2. The van der Waals surface area contributed by atoms with Crippen LogP contribution in [0.5, 0.6) is 5.75 Å². The highest BCUT2D eigenvalue weighted by molar-refractivity contribution is 6.05. The minimum atomic E-state index is -3.61. The number of nitrogens with one attached hydrogen (secondary N) is 2. The highest BCUT2D eigenvalue weighted by Crippen LogP contribution is 2.40. The lowest BCUT2D eigenvalue weighted by atomic mass is 10.1. The van der Waals surface area contributed by atoms with E-state index in [1.54, 1.807) is 12.1 Å². The molecule has 2 fully saturated rings. The monoisotopic (exact) mass is 638 g/mol. The summed E-state index contributed by atoms with van der Waals surface area (Å²) in [6.45, 7) is 2.97. The van der Waals surface area contributed by atoms with Crippen LogP contribution in [0.1, 0.15) is 36.0 Å². The maximum atomic E-state index is 15.4. The highest BCUT2D eigenvalue weighted by atomic mass is 19.3. The Morgan fingerprint density at radius 2 is 1.74 bits per heavy atom. The first kappa shape index (κ1) is 31.4. The zero-order valence-corrected chi connectivity index (χ0v) is 26.0. The Kier molecular flexibility index (Phi) is 8.64. The van der Waals surface area contributed by atoms with Crippen LogP contribution in [0.4, 0.5) is 47.7 Å². The maximum Gasteiger partial charge on any atom is 0.342 e. The van der Waals surface area contributed by atoms with Crippen molar-refractivity contribution in [3.05, 3.63) is 54.0 Å². The van der Waals surface area contributed by atoms with Crippen molar-refractivity contribution in [1.82, 2.24) is 14.9 Å². The summed E-state index contributed by atoms with van der Waals surface area (Å²) in [4.78, 5) is 41.3. The molecule has 244 valence electrons. The minimum absolute atomic E-state index is 0.0110. The number of alkyl halides is 2. The molecule has 0 atom stereocenters. The van der Waals surface area contributed by atoms with E-state index in [4.69, 9.17) is 4.74 Å². The Balaban J connectivity index is 1.22. The minimum Gasteiger partial charge on any atom is -0.495 e. The molecular weight excluding hydrogens is 601 g/mol. The molecule has 2 aliphatic heterocycles. The molecule has 1 saturated heterocycles. The third-order valence-electron chi connectivity index (χ3n) is 8.91. The van der Waals surface area contributed by atoms with Gasteiger partial charge in [-0.25, -0.2) is 9.37 Å². The Labute approximate surface area is 265 Å². The van der Waals surface area contributed by atoms with Gasteiger partial charge in [0, 0.05) is 56.7 Å². The Hall–Kier alpha value is -4.59. The van der Waals surface area contributed by atoms with Crippen molar-refractivity contribution in [2.45, 2.75) is 37.6 Å². The number of carbonyl (C=O) groups excluding carboxylic acids is 2. The van der Waals surface area contributed by atoms with Gasteiger partial charge in [-0.15, -0.1) is 0 Å². The zero-order chi connectivity index (χ0) is 32.6. The third-order valence-corrected chi connectivity index (χ3v) is 8.91. The number of hydrogen-bond acceptors (Lipinski definition) is 9. The lowest BCUT2D eigenvalue weighted by molar-refractivity contribution is -0.140. The van der Waals surface area contributed by atoms with Gasteiger partial charge >= 0.3 is 5.92 Å². The number of aromatic nitrogens is 2. The van der Waals surface area contributed by atoms with Crippen LogP contribution < -0.4 is 30.1 Å². The Morgan fingerprint density at radius 3 is 2.41 bits per heavy atom. The van der Waals surface area contributed by atoms with Crippen LogP contribution in [-0.2, 0) is 4.79 Å². The number of anilines is 6. The lowest BCUT2D eigenvalue weighted by Crippen LogP contribution is -2.48. The van der Waals surface area contributed by atoms with Gasteiger partial charge < -0.3 is 35.0 Å². The van der Waals surface area contributed by atoms with Crippen LogP contribution in [0.25, 0.3) is 0 Å². The van der Waals surface area contributed by atoms with E-state index in [1.165, 1.54) is 31.3 Å². The summed E-state index contributed by atoms with van der Waals surface area (Å²) in [7, 11) is 4.74. The van der Waals surface area contributed by atoms with Crippen molar-refractivity contribution in [2.24, 2.45) is 0 Å². The van der Waals surface area contributed by atoms with Crippen LogP contribution in [0.2, 0.25) is 0 Å². The van der Waals surface area contributed by atoms with E-state index in [0.717, 1.165) is 55.7 Å². The van der Waals surface area contributed by atoms with E-state index < -0.39 is 30.1 Å². The molecule has 0 radical (unpaired) electrons. The molecule has 11 nitrogen and oxygen atoms in total. The molecule has 3 aliphatic rings. The molecular formula is C32H37F3N8O3. The molecule has 0 bridgehead atoms. The number of piperazine rings is 1. The highest BCUT2D eigenvalue weighted by Gasteiger charge is 2.48. The van der Waals surface area contributed by atoms with Gasteiger partial charge in [-0.1, -0.05) is 12.8 Å². The molecule has 46 heavy (non-hydrogen) atoms. The number of methoxy groups -OCH3 is 1. The van der Waals surface area contributed by atoms with Gasteiger partial charge in [0.2, 0.25) is 5.95 Å². The smallest absolute Gasteiger partial charge is 0.342 e. The van der Waals surface area contributed by atoms with E-state index in [0.29, 0.717) is 18.5 Å². The van der Waals surface area contributed by atoms with Gasteiger partial charge in [-0.2, -0.15) is 13.8 Å². The van der Waals surface area contributed by atoms with Crippen LogP contribution in [0.15, 0.2) is 42.6 Å². The molecule has 3 heterocycles. The zero-order valence-electron chi connectivity index (χ0n) is 26.0. The number of ether oxygens (including phenoxy) is 1. The first-order valence-corrected chi connectivity index (χ1v) is 15.3. The van der Waals surface area contributed by atoms with E-state index in [9.17, 15) is 18.4 Å². The fraction of sp³-hybridized carbons (Fsp3) is 0.438. The Bertz CT molecular complexity index is 1610. The molecule has 1 saturated carbocycles. The summed E-state index contributed by atoms with van der Waals surface area (Å²) >= 11 is 0. The second-order valence-corrected chi connectivity index (χ2v) is 12.0. The van der Waals surface area contributed by atoms with E-state index in [2.05, 4.69) is 37.4 Å². The van der Waals surface area contributed by atoms with Crippen molar-refractivity contribution in [1.29, 1.82) is 0 Å². The van der Waals surface area contributed by atoms with E-state index >= 15 is 4.39 Å².